The summed E-state index contributed by atoms with van der Waals surface area (Å²) in [6.45, 7) is 6.66. The number of benzene rings is 1. The number of rotatable bonds is 7. The van der Waals surface area contributed by atoms with E-state index in [0.717, 1.165) is 37.9 Å². The molecule has 0 fully saturated rings. The third-order valence-corrected chi connectivity index (χ3v) is 3.08. The summed E-state index contributed by atoms with van der Waals surface area (Å²) in [7, 11) is 5.30. The van der Waals surface area contributed by atoms with Gasteiger partial charge in [0.25, 0.3) is 0 Å². The van der Waals surface area contributed by atoms with E-state index in [-0.39, 0.29) is 0 Å². The zero-order valence-corrected chi connectivity index (χ0v) is 11.4. The molecule has 0 aliphatic carbocycles. The zero-order chi connectivity index (χ0) is 12.7. The molecule has 1 rings (SSSR count). The van der Waals surface area contributed by atoms with E-state index < -0.39 is 0 Å². The molecule has 0 bridgehead atoms. The Morgan fingerprint density at radius 1 is 0.882 bits per heavy atom. The van der Waals surface area contributed by atoms with E-state index in [1.807, 2.05) is 0 Å². The Bertz CT molecular complexity index is 314. The maximum Gasteiger partial charge on any atom is 0.180 e. The van der Waals surface area contributed by atoms with Crippen LogP contribution in [0.1, 0.15) is 56.7 Å². The van der Waals surface area contributed by atoms with E-state index in [9.17, 15) is 0 Å². The molecule has 94 valence electrons. The van der Waals surface area contributed by atoms with Gasteiger partial charge in [-0.25, -0.2) is 0 Å². The topological polar surface area (TPSA) is 9.23 Å². The predicted molar refractivity (Wildman–Crippen MR) is 73.4 cm³/mol. The summed E-state index contributed by atoms with van der Waals surface area (Å²) in [5.41, 5.74) is 4.36. The fourth-order valence-corrected chi connectivity index (χ4v) is 2.39. The van der Waals surface area contributed by atoms with E-state index in [0.29, 0.717) is 0 Å². The fourth-order valence-electron chi connectivity index (χ4n) is 2.39. The van der Waals surface area contributed by atoms with Gasteiger partial charge in [0.2, 0.25) is 0 Å². The van der Waals surface area contributed by atoms with Crippen LogP contribution in [0, 0.1) is 7.11 Å². The quantitative estimate of drug-likeness (QED) is 0.668. The summed E-state index contributed by atoms with van der Waals surface area (Å²) in [5.74, 6) is 0.803. The van der Waals surface area contributed by atoms with Gasteiger partial charge in [0, 0.05) is 0 Å². The van der Waals surface area contributed by atoms with Gasteiger partial charge in [0.1, 0.15) is 5.75 Å². The van der Waals surface area contributed by atoms with Crippen molar-refractivity contribution in [3.63, 3.8) is 0 Å². The molecule has 17 heavy (non-hydrogen) atoms. The molecule has 1 aromatic rings. The van der Waals surface area contributed by atoms with Gasteiger partial charge in [0.15, 0.2) is 7.11 Å². The monoisotopic (exact) mass is 232 g/mol. The maximum absolute atomic E-state index is 5.30. The van der Waals surface area contributed by atoms with Crippen molar-refractivity contribution in [1.82, 2.24) is 0 Å². The van der Waals surface area contributed by atoms with Crippen LogP contribution in [-0.2, 0) is 19.3 Å². The first kappa shape index (κ1) is 14.1. The normalized spacial score (nSPS) is 10.6. The molecule has 1 nitrogen and oxygen atoms in total. The highest BCUT2D eigenvalue weighted by atomic mass is 16.5. The standard InChI is InChI=1S/C16H24O/c1-5-8-13-11-15(17-4)12-14(9-6-2)16(13)10-7-3/h4,11-12H,5-10H2,1-3H3. The Morgan fingerprint density at radius 2 is 1.35 bits per heavy atom. The van der Waals surface area contributed by atoms with Crippen molar-refractivity contribution in [2.45, 2.75) is 59.3 Å². The number of aryl methyl sites for hydroxylation is 2. The molecule has 0 N–H and O–H groups in total. The first-order valence-electron chi connectivity index (χ1n) is 6.78. The van der Waals surface area contributed by atoms with Crippen LogP contribution in [0.5, 0.6) is 5.75 Å². The number of hydrogen-bond acceptors (Lipinski definition) is 1. The van der Waals surface area contributed by atoms with Crippen molar-refractivity contribution < 1.29 is 4.74 Å². The summed E-state index contributed by atoms with van der Waals surface area (Å²) in [6.07, 6.45) is 6.91. The van der Waals surface area contributed by atoms with Crippen LogP contribution in [0.15, 0.2) is 12.1 Å². The average Bonchev–Trinajstić information content (AvgIpc) is 2.33. The maximum atomic E-state index is 5.30. The molecular weight excluding hydrogens is 208 g/mol. The first-order valence-corrected chi connectivity index (χ1v) is 6.78. The third kappa shape index (κ3) is 3.76. The molecule has 0 spiro atoms. The molecule has 1 aromatic carbocycles. The van der Waals surface area contributed by atoms with Crippen LogP contribution in [0.3, 0.4) is 0 Å². The lowest BCUT2D eigenvalue weighted by atomic mass is 9.92. The van der Waals surface area contributed by atoms with Crippen LogP contribution in [0.25, 0.3) is 0 Å². The highest BCUT2D eigenvalue weighted by Gasteiger charge is 2.10. The van der Waals surface area contributed by atoms with Crippen molar-refractivity contribution in [2.75, 3.05) is 0 Å². The molecule has 0 saturated carbocycles. The molecule has 0 amide bonds. The van der Waals surface area contributed by atoms with E-state index in [1.165, 1.54) is 23.1 Å². The smallest absolute Gasteiger partial charge is 0.180 e. The minimum Gasteiger partial charge on any atom is -0.482 e. The largest absolute Gasteiger partial charge is 0.482 e. The van der Waals surface area contributed by atoms with Gasteiger partial charge in [-0.2, -0.15) is 0 Å². The van der Waals surface area contributed by atoms with Crippen molar-refractivity contribution in [1.29, 1.82) is 0 Å². The zero-order valence-electron chi connectivity index (χ0n) is 11.4. The number of ether oxygens (including phenoxy) is 1. The van der Waals surface area contributed by atoms with Gasteiger partial charge in [-0.05, 0) is 48.1 Å². The Hall–Kier alpha value is -0.980. The minimum atomic E-state index is 0.803. The van der Waals surface area contributed by atoms with Crippen molar-refractivity contribution in [3.05, 3.63) is 35.9 Å². The van der Waals surface area contributed by atoms with Gasteiger partial charge in [-0.3, -0.25) is 0 Å². The van der Waals surface area contributed by atoms with Crippen molar-refractivity contribution in [2.24, 2.45) is 0 Å². The summed E-state index contributed by atoms with van der Waals surface area (Å²) >= 11 is 0. The Kier molecular flexibility index (Phi) is 6.10. The van der Waals surface area contributed by atoms with Gasteiger partial charge in [-0.15, -0.1) is 0 Å². The predicted octanol–water partition coefficient (Wildman–Crippen LogP) is 4.59. The van der Waals surface area contributed by atoms with Gasteiger partial charge < -0.3 is 4.74 Å². The summed E-state index contributed by atoms with van der Waals surface area (Å²) in [4.78, 5) is 0. The molecule has 0 heterocycles. The van der Waals surface area contributed by atoms with E-state index in [2.05, 4.69) is 32.9 Å². The second kappa shape index (κ2) is 7.37. The van der Waals surface area contributed by atoms with Crippen LogP contribution in [-0.4, -0.2) is 0 Å². The first-order chi connectivity index (χ1) is 8.26. The van der Waals surface area contributed by atoms with Gasteiger partial charge in [0.05, 0.1) is 0 Å². The molecule has 0 aromatic heterocycles. The second-order valence-electron chi connectivity index (χ2n) is 4.59. The molecule has 0 aliphatic heterocycles. The average molecular weight is 232 g/mol. The summed E-state index contributed by atoms with van der Waals surface area (Å²) in [6, 6.07) is 4.21. The van der Waals surface area contributed by atoms with E-state index >= 15 is 0 Å². The molecule has 1 heteroatoms. The number of hydrogen-bond donors (Lipinski definition) is 0. The van der Waals surface area contributed by atoms with Crippen molar-refractivity contribution >= 4 is 0 Å². The van der Waals surface area contributed by atoms with Gasteiger partial charge >= 0.3 is 0 Å². The summed E-state index contributed by atoms with van der Waals surface area (Å²) < 4.78 is 4.92. The second-order valence-corrected chi connectivity index (χ2v) is 4.59. The Balaban J connectivity index is 3.16. The minimum absolute atomic E-state index is 0.803. The van der Waals surface area contributed by atoms with Crippen molar-refractivity contribution in [3.8, 4) is 5.75 Å². The molecule has 0 saturated heterocycles. The lowest BCUT2D eigenvalue weighted by Gasteiger charge is -2.16. The van der Waals surface area contributed by atoms with E-state index in [4.69, 9.17) is 11.8 Å². The van der Waals surface area contributed by atoms with Crippen LogP contribution < -0.4 is 4.74 Å². The highest BCUT2D eigenvalue weighted by molar-refractivity contribution is 5.43. The summed E-state index contributed by atoms with van der Waals surface area (Å²) in [5, 5.41) is 0. The molecule has 0 unspecified atom stereocenters. The van der Waals surface area contributed by atoms with E-state index in [1.54, 1.807) is 0 Å². The fraction of sp³-hybridized carbons (Fsp3) is 0.562. The Morgan fingerprint density at radius 3 is 1.71 bits per heavy atom. The Labute approximate surface area is 106 Å². The molecular formula is C16H24O. The highest BCUT2D eigenvalue weighted by Crippen LogP contribution is 2.26. The molecule has 0 aliphatic rings. The lowest BCUT2D eigenvalue weighted by Crippen LogP contribution is -2.01. The van der Waals surface area contributed by atoms with Gasteiger partial charge in [-0.1, -0.05) is 40.0 Å². The SMILES string of the molecule is [CH]Oc1cc(CCC)c(CCC)c(CCC)c1. The van der Waals surface area contributed by atoms with Crippen LogP contribution in [0.2, 0.25) is 0 Å². The third-order valence-electron chi connectivity index (χ3n) is 3.08. The van der Waals surface area contributed by atoms with Crippen LogP contribution in [0.4, 0.5) is 0 Å². The molecule has 2 radical (unpaired) electrons. The molecule has 0 atom stereocenters. The lowest BCUT2D eigenvalue weighted by molar-refractivity contribution is 0.471. The van der Waals surface area contributed by atoms with Crippen LogP contribution >= 0.6 is 0 Å².